The van der Waals surface area contributed by atoms with Gasteiger partial charge in [0.15, 0.2) is 0 Å². The summed E-state index contributed by atoms with van der Waals surface area (Å²) in [6, 6.07) is 5.04. The molecule has 0 bridgehead atoms. The van der Waals surface area contributed by atoms with E-state index in [9.17, 15) is 14.9 Å². The molecule has 0 unspecified atom stereocenters. The fraction of sp³-hybridized carbons (Fsp3) is 0.222. The Balaban J connectivity index is 2.96. The normalized spacial score (nSPS) is 9.86. The molecule has 4 nitrogen and oxygen atoms in total. The standard InChI is InChI=1S/C9H8BrNO3/c1-6-4-7(10)2-3-8(6)9(12)5-11(13)14/h2-4H,5H2,1H3. The lowest BCUT2D eigenvalue weighted by Crippen LogP contribution is -2.14. The molecule has 0 atom stereocenters. The maximum Gasteiger partial charge on any atom is 0.265 e. The largest absolute Gasteiger partial charge is 0.287 e. The van der Waals surface area contributed by atoms with E-state index < -0.39 is 17.3 Å². The highest BCUT2D eigenvalue weighted by Gasteiger charge is 2.14. The number of carbonyl (C=O) groups excluding carboxylic acids is 1. The highest BCUT2D eigenvalue weighted by Crippen LogP contribution is 2.16. The summed E-state index contributed by atoms with van der Waals surface area (Å²) in [4.78, 5) is 20.8. The van der Waals surface area contributed by atoms with Crippen molar-refractivity contribution in [2.45, 2.75) is 6.92 Å². The molecule has 1 aromatic rings. The second-order valence-electron chi connectivity index (χ2n) is 2.87. The van der Waals surface area contributed by atoms with Crippen LogP contribution in [0.3, 0.4) is 0 Å². The maximum atomic E-state index is 11.3. The molecule has 0 heterocycles. The topological polar surface area (TPSA) is 60.2 Å². The summed E-state index contributed by atoms with van der Waals surface area (Å²) in [5.74, 6) is -0.458. The van der Waals surface area contributed by atoms with Gasteiger partial charge < -0.3 is 0 Å². The van der Waals surface area contributed by atoms with Gasteiger partial charge in [-0.1, -0.05) is 15.9 Å². The maximum absolute atomic E-state index is 11.3. The van der Waals surface area contributed by atoms with Crippen LogP contribution < -0.4 is 0 Å². The average molecular weight is 258 g/mol. The summed E-state index contributed by atoms with van der Waals surface area (Å²) in [6.45, 7) is 1.10. The first kappa shape index (κ1) is 10.8. The Bertz CT molecular complexity index is 390. The van der Waals surface area contributed by atoms with Crippen molar-refractivity contribution < 1.29 is 9.72 Å². The molecule has 0 spiro atoms. The monoisotopic (exact) mass is 257 g/mol. The van der Waals surface area contributed by atoms with Gasteiger partial charge >= 0.3 is 0 Å². The number of hydrogen-bond acceptors (Lipinski definition) is 3. The molecule has 1 aromatic carbocycles. The Hall–Kier alpha value is -1.23. The quantitative estimate of drug-likeness (QED) is 0.474. The van der Waals surface area contributed by atoms with Crippen LogP contribution in [-0.4, -0.2) is 17.3 Å². The number of rotatable bonds is 3. The molecule has 0 aliphatic carbocycles. The van der Waals surface area contributed by atoms with E-state index in [1.165, 1.54) is 0 Å². The summed E-state index contributed by atoms with van der Waals surface area (Å²) >= 11 is 3.25. The van der Waals surface area contributed by atoms with E-state index >= 15 is 0 Å². The molecule has 74 valence electrons. The smallest absolute Gasteiger partial charge is 0.265 e. The van der Waals surface area contributed by atoms with E-state index in [1.807, 2.05) is 0 Å². The van der Waals surface area contributed by atoms with Crippen molar-refractivity contribution in [2.24, 2.45) is 0 Å². The number of aryl methyl sites for hydroxylation is 1. The van der Waals surface area contributed by atoms with Crippen LogP contribution in [0.15, 0.2) is 22.7 Å². The van der Waals surface area contributed by atoms with Crippen molar-refractivity contribution in [1.29, 1.82) is 0 Å². The summed E-state index contributed by atoms with van der Waals surface area (Å²) < 4.78 is 0.854. The van der Waals surface area contributed by atoms with E-state index in [0.29, 0.717) is 5.56 Å². The zero-order chi connectivity index (χ0) is 10.7. The molecule has 0 aliphatic heterocycles. The van der Waals surface area contributed by atoms with Crippen molar-refractivity contribution in [3.8, 4) is 0 Å². The number of carbonyl (C=O) groups is 1. The predicted molar refractivity (Wildman–Crippen MR) is 55.1 cm³/mol. The molecule has 0 aliphatic rings. The van der Waals surface area contributed by atoms with Gasteiger partial charge in [-0.05, 0) is 30.7 Å². The average Bonchev–Trinajstić information content (AvgIpc) is 2.01. The fourth-order valence-electron chi connectivity index (χ4n) is 1.14. The van der Waals surface area contributed by atoms with Crippen LogP contribution >= 0.6 is 15.9 Å². The molecular formula is C9H8BrNO3. The van der Waals surface area contributed by atoms with Crippen LogP contribution in [0.1, 0.15) is 15.9 Å². The lowest BCUT2D eigenvalue weighted by molar-refractivity contribution is -0.465. The van der Waals surface area contributed by atoms with Gasteiger partial charge in [0.2, 0.25) is 5.78 Å². The van der Waals surface area contributed by atoms with Crippen LogP contribution in [0.25, 0.3) is 0 Å². The third-order valence-electron chi connectivity index (χ3n) is 1.76. The van der Waals surface area contributed by atoms with Gasteiger partial charge in [-0.3, -0.25) is 14.9 Å². The first-order chi connectivity index (χ1) is 6.50. The minimum Gasteiger partial charge on any atom is -0.287 e. The Morgan fingerprint density at radius 2 is 2.21 bits per heavy atom. The lowest BCUT2D eigenvalue weighted by Gasteiger charge is -2.01. The van der Waals surface area contributed by atoms with Gasteiger partial charge in [0.1, 0.15) is 0 Å². The van der Waals surface area contributed by atoms with E-state index in [4.69, 9.17) is 0 Å². The molecule has 0 aromatic heterocycles. The number of Topliss-reactive ketones (excluding diaryl/α,β-unsaturated/α-hetero) is 1. The second-order valence-corrected chi connectivity index (χ2v) is 3.79. The SMILES string of the molecule is Cc1cc(Br)ccc1C(=O)C[N+](=O)[O-]. The molecule has 0 amide bonds. The molecule has 5 heteroatoms. The van der Waals surface area contributed by atoms with Gasteiger partial charge in [-0.15, -0.1) is 0 Å². The van der Waals surface area contributed by atoms with Crippen LogP contribution in [0, 0.1) is 17.0 Å². The Morgan fingerprint density at radius 3 is 2.71 bits per heavy atom. The van der Waals surface area contributed by atoms with E-state index in [1.54, 1.807) is 25.1 Å². The number of nitrogens with zero attached hydrogens (tertiary/aromatic N) is 1. The highest BCUT2D eigenvalue weighted by atomic mass is 79.9. The minimum absolute atomic E-state index is 0.407. The number of hydrogen-bond donors (Lipinski definition) is 0. The van der Waals surface area contributed by atoms with Crippen molar-refractivity contribution in [3.05, 3.63) is 43.9 Å². The number of ketones is 1. The minimum atomic E-state index is -0.650. The van der Waals surface area contributed by atoms with Crippen molar-refractivity contribution in [1.82, 2.24) is 0 Å². The van der Waals surface area contributed by atoms with E-state index in [-0.39, 0.29) is 0 Å². The summed E-state index contributed by atoms with van der Waals surface area (Å²) in [5, 5.41) is 10.1. The van der Waals surface area contributed by atoms with Gasteiger partial charge in [0.25, 0.3) is 6.54 Å². The van der Waals surface area contributed by atoms with Crippen molar-refractivity contribution in [3.63, 3.8) is 0 Å². The molecule has 14 heavy (non-hydrogen) atoms. The van der Waals surface area contributed by atoms with Crippen LogP contribution in [0.2, 0.25) is 0 Å². The molecule has 0 saturated carbocycles. The number of nitro groups is 1. The Kier molecular flexibility index (Phi) is 3.35. The molecule has 0 N–H and O–H groups in total. The Labute approximate surface area is 89.2 Å². The summed E-state index contributed by atoms with van der Waals surface area (Å²) in [5.41, 5.74) is 1.15. The fourth-order valence-corrected chi connectivity index (χ4v) is 1.62. The zero-order valence-corrected chi connectivity index (χ0v) is 9.08. The van der Waals surface area contributed by atoms with Crippen LogP contribution in [-0.2, 0) is 0 Å². The van der Waals surface area contributed by atoms with Crippen LogP contribution in [0.4, 0.5) is 0 Å². The van der Waals surface area contributed by atoms with Crippen LogP contribution in [0.5, 0.6) is 0 Å². The number of benzene rings is 1. The third kappa shape index (κ3) is 2.63. The van der Waals surface area contributed by atoms with Gasteiger partial charge in [-0.25, -0.2) is 0 Å². The molecule has 1 rings (SSSR count). The second kappa shape index (κ2) is 4.32. The van der Waals surface area contributed by atoms with Gasteiger partial charge in [0.05, 0.1) is 0 Å². The first-order valence-electron chi connectivity index (χ1n) is 3.92. The van der Waals surface area contributed by atoms with Gasteiger partial charge in [0, 0.05) is 15.0 Å². The summed E-state index contributed by atoms with van der Waals surface area (Å²) in [7, 11) is 0. The van der Waals surface area contributed by atoms with E-state index in [0.717, 1.165) is 10.0 Å². The molecule has 0 saturated heterocycles. The number of halogens is 1. The van der Waals surface area contributed by atoms with Crippen molar-refractivity contribution >= 4 is 21.7 Å². The highest BCUT2D eigenvalue weighted by molar-refractivity contribution is 9.10. The summed E-state index contributed by atoms with van der Waals surface area (Å²) in [6.07, 6.45) is 0. The van der Waals surface area contributed by atoms with Crippen molar-refractivity contribution in [2.75, 3.05) is 6.54 Å². The third-order valence-corrected chi connectivity index (χ3v) is 2.25. The molecule has 0 radical (unpaired) electrons. The van der Waals surface area contributed by atoms with Gasteiger partial charge in [-0.2, -0.15) is 0 Å². The Morgan fingerprint density at radius 1 is 1.57 bits per heavy atom. The zero-order valence-electron chi connectivity index (χ0n) is 7.49. The van der Waals surface area contributed by atoms with E-state index in [2.05, 4.69) is 15.9 Å². The molecule has 0 fully saturated rings. The predicted octanol–water partition coefficient (Wildman–Crippen LogP) is 2.22. The lowest BCUT2D eigenvalue weighted by atomic mass is 10.1. The first-order valence-corrected chi connectivity index (χ1v) is 4.71. The molecular weight excluding hydrogens is 250 g/mol.